The Morgan fingerprint density at radius 3 is 0.882 bits per heavy atom. The predicted octanol–water partition coefficient (Wildman–Crippen LogP) is 5.58. The first kappa shape index (κ1) is 20.0. The first-order valence-corrected chi connectivity index (χ1v) is 12.3. The van der Waals surface area contributed by atoms with Gasteiger partial charge in [-0.3, -0.25) is 19.2 Å². The minimum Gasteiger partial charge on any atom is -0.294 e. The fourth-order valence-corrected chi connectivity index (χ4v) is 7.24. The number of allylic oxidation sites excluding steroid dienone is 4. The molecule has 0 amide bonds. The van der Waals surface area contributed by atoms with E-state index < -0.39 is 0 Å². The molecule has 0 aliphatic heterocycles. The highest BCUT2D eigenvalue weighted by Gasteiger charge is 2.48. The Labute approximate surface area is 197 Å². The fourth-order valence-electron chi connectivity index (χ4n) is 7.24. The van der Waals surface area contributed by atoms with Gasteiger partial charge in [-0.25, -0.2) is 0 Å². The molecule has 4 unspecified atom stereocenters. The molecule has 34 heavy (non-hydrogen) atoms. The van der Waals surface area contributed by atoms with Gasteiger partial charge in [-0.2, -0.15) is 0 Å². The molecule has 5 aliphatic rings. The van der Waals surface area contributed by atoms with Crippen LogP contribution in [0.1, 0.15) is 80.0 Å². The second-order valence-electron chi connectivity index (χ2n) is 10.6. The Hall–Kier alpha value is -3.40. The normalized spacial score (nSPS) is 29.6. The van der Waals surface area contributed by atoms with Gasteiger partial charge in [0.2, 0.25) is 0 Å². The smallest absolute Gasteiger partial charge is 0.167 e. The SMILES string of the molecule is O=C1c2ccccc2C(=O)C2CC3=C(CC4=C(C3)CC3C(=O)c5ccccc5C(=O)C3C4)CC12. The number of Topliss-reactive ketones (excluding diaryl/α,β-unsaturated/α-hetero) is 4. The van der Waals surface area contributed by atoms with Crippen LogP contribution in [-0.4, -0.2) is 23.1 Å². The van der Waals surface area contributed by atoms with Crippen LogP contribution >= 0.6 is 0 Å². The van der Waals surface area contributed by atoms with Crippen LogP contribution in [0.15, 0.2) is 70.8 Å². The molecular weight excluding hydrogens is 424 g/mol. The van der Waals surface area contributed by atoms with E-state index in [1.54, 1.807) is 24.3 Å². The van der Waals surface area contributed by atoms with E-state index in [0.717, 1.165) is 12.8 Å². The van der Waals surface area contributed by atoms with Gasteiger partial charge in [0.05, 0.1) is 0 Å². The predicted molar refractivity (Wildman–Crippen MR) is 126 cm³/mol. The van der Waals surface area contributed by atoms with Gasteiger partial charge in [-0.1, -0.05) is 70.8 Å². The van der Waals surface area contributed by atoms with Gasteiger partial charge in [-0.15, -0.1) is 0 Å². The molecule has 5 aliphatic carbocycles. The zero-order chi connectivity index (χ0) is 23.1. The molecule has 0 fully saturated rings. The number of carbonyl (C=O) groups is 4. The summed E-state index contributed by atoms with van der Waals surface area (Å²) in [6.07, 6.45) is 4.12. The quantitative estimate of drug-likeness (QED) is 0.493. The summed E-state index contributed by atoms with van der Waals surface area (Å²) in [6, 6.07) is 14.4. The van der Waals surface area contributed by atoms with Crippen LogP contribution in [0.4, 0.5) is 0 Å². The lowest BCUT2D eigenvalue weighted by Crippen LogP contribution is -2.41. The molecule has 4 heteroatoms. The fraction of sp³-hybridized carbons (Fsp3) is 0.333. The Morgan fingerprint density at radius 1 is 0.412 bits per heavy atom. The lowest BCUT2D eigenvalue weighted by Gasteiger charge is -2.43. The average Bonchev–Trinajstić information content (AvgIpc) is 2.87. The van der Waals surface area contributed by atoms with Crippen molar-refractivity contribution in [3.63, 3.8) is 0 Å². The number of rotatable bonds is 0. The Morgan fingerprint density at radius 2 is 0.647 bits per heavy atom. The number of carbonyl (C=O) groups excluding carboxylic acids is 4. The molecule has 168 valence electrons. The summed E-state index contributed by atoms with van der Waals surface area (Å²) in [4.78, 5) is 53.1. The molecule has 2 aromatic rings. The van der Waals surface area contributed by atoms with E-state index in [1.165, 1.54) is 22.3 Å². The first-order chi connectivity index (χ1) is 16.5. The number of hydrogen-bond acceptors (Lipinski definition) is 4. The molecule has 0 radical (unpaired) electrons. The standard InChI is InChI=1S/C30H24O4/c31-27-19-5-1-2-6-20(19)28(32)24-12-16-10-18-14-26-25(13-17(18)9-15(16)11-23(24)27)29(33)21-7-3-4-8-22(21)30(26)34/h1-8,23-26H,9-14H2. The molecule has 0 bridgehead atoms. The van der Waals surface area contributed by atoms with Crippen molar-refractivity contribution in [3.8, 4) is 0 Å². The van der Waals surface area contributed by atoms with Crippen LogP contribution in [0, 0.1) is 23.7 Å². The Balaban J connectivity index is 1.19. The number of hydrogen-bond donors (Lipinski definition) is 0. The van der Waals surface area contributed by atoms with Crippen molar-refractivity contribution in [2.45, 2.75) is 38.5 Å². The van der Waals surface area contributed by atoms with Gasteiger partial charge in [0.1, 0.15) is 0 Å². The van der Waals surface area contributed by atoms with Crippen molar-refractivity contribution in [2.24, 2.45) is 23.7 Å². The molecule has 0 spiro atoms. The topological polar surface area (TPSA) is 68.3 Å². The van der Waals surface area contributed by atoms with Gasteiger partial charge in [0.25, 0.3) is 0 Å². The molecule has 0 saturated heterocycles. The summed E-state index contributed by atoms with van der Waals surface area (Å²) in [7, 11) is 0. The average molecular weight is 449 g/mol. The zero-order valence-corrected chi connectivity index (χ0v) is 18.8. The summed E-state index contributed by atoms with van der Waals surface area (Å²) in [5, 5.41) is 0. The van der Waals surface area contributed by atoms with Crippen LogP contribution in [0.3, 0.4) is 0 Å². The molecule has 7 rings (SSSR count). The second kappa shape index (κ2) is 7.05. The second-order valence-corrected chi connectivity index (χ2v) is 10.6. The highest BCUT2D eigenvalue weighted by molar-refractivity contribution is 6.17. The molecule has 4 atom stereocenters. The maximum atomic E-state index is 13.3. The van der Waals surface area contributed by atoms with Crippen LogP contribution in [0.25, 0.3) is 0 Å². The van der Waals surface area contributed by atoms with Crippen molar-refractivity contribution in [2.75, 3.05) is 0 Å². The summed E-state index contributed by atoms with van der Waals surface area (Å²) >= 11 is 0. The number of ketones is 4. The molecule has 0 saturated carbocycles. The maximum absolute atomic E-state index is 13.3. The van der Waals surface area contributed by atoms with E-state index in [1.807, 2.05) is 24.3 Å². The first-order valence-electron chi connectivity index (χ1n) is 12.3. The number of benzene rings is 2. The van der Waals surface area contributed by atoms with E-state index in [4.69, 9.17) is 0 Å². The third-order valence-corrected chi connectivity index (χ3v) is 8.95. The van der Waals surface area contributed by atoms with Gasteiger partial charge in [-0.05, 0) is 38.5 Å². The summed E-state index contributed by atoms with van der Waals surface area (Å²) in [5.41, 5.74) is 7.42. The van der Waals surface area contributed by atoms with Gasteiger partial charge < -0.3 is 0 Å². The third kappa shape index (κ3) is 2.65. The minimum absolute atomic E-state index is 0.0971. The van der Waals surface area contributed by atoms with E-state index in [0.29, 0.717) is 47.9 Å². The van der Waals surface area contributed by atoms with Crippen molar-refractivity contribution in [1.29, 1.82) is 0 Å². The molecule has 0 aromatic heterocycles. The van der Waals surface area contributed by atoms with Crippen LogP contribution in [0.2, 0.25) is 0 Å². The molecule has 0 heterocycles. The highest BCUT2D eigenvalue weighted by atomic mass is 16.1. The molecule has 4 nitrogen and oxygen atoms in total. The van der Waals surface area contributed by atoms with Gasteiger partial charge >= 0.3 is 0 Å². The van der Waals surface area contributed by atoms with Crippen molar-refractivity contribution in [1.82, 2.24) is 0 Å². The van der Waals surface area contributed by atoms with Crippen LogP contribution in [0.5, 0.6) is 0 Å². The third-order valence-electron chi connectivity index (χ3n) is 8.95. The van der Waals surface area contributed by atoms with Crippen LogP contribution in [-0.2, 0) is 0 Å². The van der Waals surface area contributed by atoms with Crippen LogP contribution < -0.4 is 0 Å². The van der Waals surface area contributed by atoms with Crippen molar-refractivity contribution in [3.05, 3.63) is 93.1 Å². The molecular formula is C30H24O4. The number of fused-ring (bicyclic) bond motifs is 4. The highest BCUT2D eigenvalue weighted by Crippen LogP contribution is 2.52. The van der Waals surface area contributed by atoms with Gasteiger partial charge in [0, 0.05) is 45.9 Å². The van der Waals surface area contributed by atoms with E-state index >= 15 is 0 Å². The lowest BCUT2D eigenvalue weighted by molar-refractivity contribution is 0.0708. The minimum atomic E-state index is -0.274. The Bertz CT molecular complexity index is 1190. The van der Waals surface area contributed by atoms with E-state index in [2.05, 4.69) is 0 Å². The largest absolute Gasteiger partial charge is 0.294 e. The maximum Gasteiger partial charge on any atom is 0.167 e. The van der Waals surface area contributed by atoms with E-state index in [-0.39, 0.29) is 46.8 Å². The summed E-state index contributed by atoms with van der Waals surface area (Å²) in [5.74, 6) is -0.706. The van der Waals surface area contributed by atoms with Crippen molar-refractivity contribution < 1.29 is 19.2 Å². The Kier molecular flexibility index (Phi) is 4.15. The molecule has 0 N–H and O–H groups in total. The van der Waals surface area contributed by atoms with Gasteiger partial charge in [0.15, 0.2) is 23.1 Å². The zero-order valence-electron chi connectivity index (χ0n) is 18.8. The summed E-state index contributed by atoms with van der Waals surface area (Å²) < 4.78 is 0. The lowest BCUT2D eigenvalue weighted by atomic mass is 9.59. The monoisotopic (exact) mass is 448 g/mol. The van der Waals surface area contributed by atoms with Crippen molar-refractivity contribution >= 4 is 23.1 Å². The molecule has 2 aromatic carbocycles. The summed E-state index contributed by atoms with van der Waals surface area (Å²) in [6.45, 7) is 0. The van der Waals surface area contributed by atoms with E-state index in [9.17, 15) is 19.2 Å².